The van der Waals surface area contributed by atoms with Gasteiger partial charge in [0, 0.05) is 11.3 Å². The first-order chi connectivity index (χ1) is 10.8. The van der Waals surface area contributed by atoms with E-state index in [0.717, 1.165) is 30.3 Å². The second kappa shape index (κ2) is 7.25. The van der Waals surface area contributed by atoms with Gasteiger partial charge in [-0.3, -0.25) is 9.59 Å². The van der Waals surface area contributed by atoms with Crippen molar-refractivity contribution in [1.29, 1.82) is 0 Å². The Balaban J connectivity index is 2.07. The van der Waals surface area contributed by atoms with Crippen LogP contribution in [0.25, 0.3) is 0 Å². The summed E-state index contributed by atoms with van der Waals surface area (Å²) in [5.74, 6) is -2.67. The molecule has 0 heterocycles. The van der Waals surface area contributed by atoms with E-state index in [4.69, 9.17) is 0 Å². The molecule has 0 radical (unpaired) electrons. The second-order valence-electron chi connectivity index (χ2n) is 5.51. The minimum absolute atomic E-state index is 0.0838. The molecule has 0 spiro atoms. The van der Waals surface area contributed by atoms with E-state index in [-0.39, 0.29) is 12.1 Å². The summed E-state index contributed by atoms with van der Waals surface area (Å²) in [4.78, 5) is 23.7. The molecule has 1 aromatic carbocycles. The van der Waals surface area contributed by atoms with Crippen LogP contribution in [0.5, 0.6) is 0 Å². The van der Waals surface area contributed by atoms with Crippen molar-refractivity contribution in [3.8, 4) is 0 Å². The number of anilines is 1. The van der Waals surface area contributed by atoms with Gasteiger partial charge >= 0.3 is 5.97 Å². The zero-order valence-corrected chi connectivity index (χ0v) is 13.0. The van der Waals surface area contributed by atoms with E-state index in [1.165, 1.54) is 6.07 Å². The number of carboxylic acid groups (broad SMARTS) is 1. The number of carbonyl (C=O) groups excluding carboxylic acids is 1. The van der Waals surface area contributed by atoms with Crippen LogP contribution in [0.1, 0.15) is 25.7 Å². The number of halogens is 3. The molecule has 0 aliphatic heterocycles. The Labute approximate surface area is 135 Å². The van der Waals surface area contributed by atoms with E-state index >= 15 is 0 Å². The monoisotopic (exact) mass is 347 g/mol. The molecule has 126 valence electrons. The molecule has 1 fully saturated rings. The second-order valence-corrected chi connectivity index (χ2v) is 6.57. The molecule has 2 rings (SSSR count). The SMILES string of the molecule is O=C(CC1(C(=O)O)CCC1)Nc1cc(F)ccc1SCC(F)F. The summed E-state index contributed by atoms with van der Waals surface area (Å²) in [7, 11) is 0. The van der Waals surface area contributed by atoms with Gasteiger partial charge in [-0.05, 0) is 31.0 Å². The number of hydrogen-bond donors (Lipinski definition) is 2. The van der Waals surface area contributed by atoms with Crippen molar-refractivity contribution >= 4 is 29.3 Å². The van der Waals surface area contributed by atoms with Crippen molar-refractivity contribution in [2.24, 2.45) is 5.41 Å². The number of nitrogens with one attached hydrogen (secondary N) is 1. The Kier molecular flexibility index (Phi) is 5.56. The number of carbonyl (C=O) groups is 2. The predicted octanol–water partition coefficient (Wildman–Crippen LogP) is 3.77. The number of thioether (sulfide) groups is 1. The smallest absolute Gasteiger partial charge is 0.310 e. The highest BCUT2D eigenvalue weighted by Crippen LogP contribution is 2.44. The zero-order valence-electron chi connectivity index (χ0n) is 12.2. The van der Waals surface area contributed by atoms with Crippen LogP contribution < -0.4 is 5.32 Å². The third kappa shape index (κ3) is 4.40. The molecule has 0 atom stereocenters. The van der Waals surface area contributed by atoms with Gasteiger partial charge in [0.25, 0.3) is 0 Å². The van der Waals surface area contributed by atoms with Crippen LogP contribution in [0.15, 0.2) is 23.1 Å². The van der Waals surface area contributed by atoms with Crippen molar-refractivity contribution in [1.82, 2.24) is 0 Å². The van der Waals surface area contributed by atoms with Gasteiger partial charge in [-0.25, -0.2) is 13.2 Å². The Morgan fingerprint density at radius 3 is 2.57 bits per heavy atom. The van der Waals surface area contributed by atoms with Gasteiger partial charge in [0.2, 0.25) is 12.3 Å². The minimum atomic E-state index is -2.53. The summed E-state index contributed by atoms with van der Waals surface area (Å²) in [5, 5.41) is 11.7. The molecular weight excluding hydrogens is 331 g/mol. The van der Waals surface area contributed by atoms with Gasteiger partial charge in [0.15, 0.2) is 0 Å². The maximum atomic E-state index is 13.3. The topological polar surface area (TPSA) is 66.4 Å². The average molecular weight is 347 g/mol. The van der Waals surface area contributed by atoms with E-state index in [9.17, 15) is 27.9 Å². The van der Waals surface area contributed by atoms with Crippen LogP contribution in [0, 0.1) is 11.2 Å². The van der Waals surface area contributed by atoms with Gasteiger partial charge < -0.3 is 10.4 Å². The van der Waals surface area contributed by atoms with Crippen molar-refractivity contribution in [3.05, 3.63) is 24.0 Å². The van der Waals surface area contributed by atoms with E-state index in [2.05, 4.69) is 5.32 Å². The first-order valence-corrected chi connectivity index (χ1v) is 8.05. The number of hydrogen-bond acceptors (Lipinski definition) is 3. The summed E-state index contributed by atoms with van der Waals surface area (Å²) >= 11 is 0.802. The van der Waals surface area contributed by atoms with Crippen molar-refractivity contribution in [2.75, 3.05) is 11.1 Å². The molecule has 23 heavy (non-hydrogen) atoms. The number of aliphatic carboxylic acids is 1. The van der Waals surface area contributed by atoms with Gasteiger partial charge in [0.05, 0.1) is 16.9 Å². The average Bonchev–Trinajstić information content (AvgIpc) is 2.41. The molecule has 0 unspecified atom stereocenters. The number of alkyl halides is 2. The molecule has 0 saturated heterocycles. The fourth-order valence-corrected chi connectivity index (χ4v) is 3.19. The highest BCUT2D eigenvalue weighted by atomic mass is 32.2. The molecule has 8 heteroatoms. The van der Waals surface area contributed by atoms with E-state index < -0.39 is 35.3 Å². The Morgan fingerprint density at radius 1 is 1.35 bits per heavy atom. The van der Waals surface area contributed by atoms with Crippen molar-refractivity contribution in [3.63, 3.8) is 0 Å². The lowest BCUT2D eigenvalue weighted by Crippen LogP contribution is -2.41. The summed E-state index contributed by atoms with van der Waals surface area (Å²) in [6.07, 6.45) is -1.15. The minimum Gasteiger partial charge on any atom is -0.481 e. The lowest BCUT2D eigenvalue weighted by molar-refractivity contribution is -0.157. The van der Waals surface area contributed by atoms with Crippen molar-refractivity contribution in [2.45, 2.75) is 37.0 Å². The lowest BCUT2D eigenvalue weighted by Gasteiger charge is -2.36. The van der Waals surface area contributed by atoms with Crippen LogP contribution in [0.4, 0.5) is 18.9 Å². The normalized spacial score (nSPS) is 16.0. The molecule has 1 saturated carbocycles. The fourth-order valence-electron chi connectivity index (χ4n) is 2.45. The van der Waals surface area contributed by atoms with Gasteiger partial charge in [-0.15, -0.1) is 11.8 Å². The van der Waals surface area contributed by atoms with Gasteiger partial charge in [0.1, 0.15) is 5.82 Å². The summed E-state index contributed by atoms with van der Waals surface area (Å²) in [5.41, 5.74) is -0.978. The first kappa shape index (κ1) is 17.7. The maximum absolute atomic E-state index is 13.3. The maximum Gasteiger partial charge on any atom is 0.310 e. The molecule has 1 aliphatic carbocycles. The number of rotatable bonds is 7. The molecule has 2 N–H and O–H groups in total. The summed E-state index contributed by atoms with van der Waals surface area (Å²) < 4.78 is 38.0. The summed E-state index contributed by atoms with van der Waals surface area (Å²) in [6, 6.07) is 3.47. The highest BCUT2D eigenvalue weighted by Gasteiger charge is 2.45. The quantitative estimate of drug-likeness (QED) is 0.737. The molecule has 0 bridgehead atoms. The van der Waals surface area contributed by atoms with E-state index in [1.54, 1.807) is 0 Å². The molecule has 4 nitrogen and oxygen atoms in total. The first-order valence-electron chi connectivity index (χ1n) is 7.06. The molecule has 1 amide bonds. The molecule has 1 aliphatic rings. The molecular formula is C15H16F3NO3S. The Hall–Kier alpha value is -1.70. The Morgan fingerprint density at radius 2 is 2.04 bits per heavy atom. The van der Waals surface area contributed by atoms with Crippen molar-refractivity contribution < 1.29 is 27.9 Å². The summed E-state index contributed by atoms with van der Waals surface area (Å²) in [6.45, 7) is 0. The van der Waals surface area contributed by atoms with E-state index in [1.807, 2.05) is 0 Å². The van der Waals surface area contributed by atoms with Gasteiger partial charge in [-0.1, -0.05) is 6.42 Å². The number of benzene rings is 1. The largest absolute Gasteiger partial charge is 0.481 e. The third-order valence-electron chi connectivity index (χ3n) is 3.84. The lowest BCUT2D eigenvalue weighted by atomic mass is 9.66. The number of amides is 1. The number of carboxylic acids is 1. The molecule has 0 aromatic heterocycles. The predicted molar refractivity (Wildman–Crippen MR) is 80.3 cm³/mol. The van der Waals surface area contributed by atoms with Gasteiger partial charge in [-0.2, -0.15) is 0 Å². The standard InChI is InChI=1S/C15H16F3NO3S/c16-9-2-3-11(23-8-12(17)18)10(6-9)19-13(20)7-15(14(21)22)4-1-5-15/h2-3,6,12H,1,4-5,7-8H2,(H,19,20)(H,21,22). The zero-order chi connectivity index (χ0) is 17.0. The highest BCUT2D eigenvalue weighted by molar-refractivity contribution is 7.99. The van der Waals surface area contributed by atoms with E-state index in [0.29, 0.717) is 17.7 Å². The fraction of sp³-hybridized carbons (Fsp3) is 0.467. The van der Waals surface area contributed by atoms with Crippen LogP contribution >= 0.6 is 11.8 Å². The van der Waals surface area contributed by atoms with Crippen LogP contribution in [0.2, 0.25) is 0 Å². The Bertz CT molecular complexity index is 606. The van der Waals surface area contributed by atoms with Crippen LogP contribution in [-0.4, -0.2) is 29.2 Å². The van der Waals surface area contributed by atoms with Crippen LogP contribution in [0.3, 0.4) is 0 Å². The van der Waals surface area contributed by atoms with Crippen LogP contribution in [-0.2, 0) is 9.59 Å². The third-order valence-corrected chi connectivity index (χ3v) is 4.93. The molecule has 1 aromatic rings.